The molecule has 6 heteroatoms. The van der Waals surface area contributed by atoms with Crippen LogP contribution < -0.4 is 0 Å². The summed E-state index contributed by atoms with van der Waals surface area (Å²) in [7, 11) is -0.570. The molecule has 144 valence electrons. The van der Waals surface area contributed by atoms with Crippen molar-refractivity contribution in [2.45, 2.75) is 24.2 Å². The minimum atomic E-state index is -3.54. The predicted octanol–water partition coefficient (Wildman–Crippen LogP) is 3.03. The number of likely N-dealkylation sites (tertiary alicyclic amines) is 1. The lowest BCUT2D eigenvalue weighted by molar-refractivity contribution is 0.0690. The zero-order chi connectivity index (χ0) is 19.4. The molecule has 1 heterocycles. The van der Waals surface area contributed by atoms with E-state index in [0.717, 1.165) is 23.6 Å². The number of piperidine rings is 1. The summed E-state index contributed by atoms with van der Waals surface area (Å²) in [5.74, 6) is 0.487. The van der Waals surface area contributed by atoms with E-state index in [4.69, 9.17) is 0 Å². The second-order valence-corrected chi connectivity index (χ2v) is 9.39. The van der Waals surface area contributed by atoms with Gasteiger partial charge in [0.25, 0.3) is 5.91 Å². The third-order valence-corrected chi connectivity index (χ3v) is 6.94. The fourth-order valence-corrected chi connectivity index (χ4v) is 4.42. The minimum absolute atomic E-state index is 0.0935. The Morgan fingerprint density at radius 1 is 1.04 bits per heavy atom. The summed E-state index contributed by atoms with van der Waals surface area (Å²) in [5, 5.41) is 0. The molecule has 0 aromatic heterocycles. The molecular weight excluding hydrogens is 360 g/mol. The molecule has 0 radical (unpaired) electrons. The Morgan fingerprint density at radius 2 is 1.70 bits per heavy atom. The van der Waals surface area contributed by atoms with E-state index in [2.05, 4.69) is 24.3 Å². The van der Waals surface area contributed by atoms with Crippen LogP contribution in [0.3, 0.4) is 0 Å². The van der Waals surface area contributed by atoms with Crippen molar-refractivity contribution in [3.8, 4) is 0 Å². The Bertz CT molecular complexity index is 887. The van der Waals surface area contributed by atoms with Gasteiger partial charge in [0.15, 0.2) is 0 Å². The molecular formula is C21H26N2O3S. The first-order valence-corrected chi connectivity index (χ1v) is 10.7. The summed E-state index contributed by atoms with van der Waals surface area (Å²) in [6.45, 7) is 1.42. The van der Waals surface area contributed by atoms with Crippen molar-refractivity contribution < 1.29 is 13.2 Å². The van der Waals surface area contributed by atoms with Gasteiger partial charge in [0, 0.05) is 32.7 Å². The molecule has 0 aliphatic carbocycles. The van der Waals surface area contributed by atoms with E-state index < -0.39 is 10.0 Å². The average molecular weight is 387 g/mol. The molecule has 2 aromatic rings. The number of hydrogen-bond acceptors (Lipinski definition) is 3. The van der Waals surface area contributed by atoms with Gasteiger partial charge in [-0.3, -0.25) is 4.79 Å². The van der Waals surface area contributed by atoms with E-state index in [1.54, 1.807) is 12.1 Å². The molecule has 0 saturated carbocycles. The van der Waals surface area contributed by atoms with Crippen LogP contribution in [-0.4, -0.2) is 50.7 Å². The molecule has 3 rings (SSSR count). The molecule has 1 aliphatic rings. The molecule has 1 aliphatic heterocycles. The van der Waals surface area contributed by atoms with Crippen molar-refractivity contribution in [1.82, 2.24) is 9.21 Å². The molecule has 5 nitrogen and oxygen atoms in total. The summed E-state index contributed by atoms with van der Waals surface area (Å²) in [6, 6.07) is 16.8. The summed E-state index contributed by atoms with van der Waals surface area (Å²) in [6.07, 6.45) is 2.98. The van der Waals surface area contributed by atoms with Crippen LogP contribution in [0.5, 0.6) is 0 Å². The molecule has 2 aromatic carbocycles. The van der Waals surface area contributed by atoms with Gasteiger partial charge >= 0.3 is 0 Å². The third kappa shape index (κ3) is 4.57. The highest BCUT2D eigenvalue weighted by atomic mass is 32.2. The van der Waals surface area contributed by atoms with Crippen molar-refractivity contribution in [2.24, 2.45) is 5.92 Å². The molecule has 1 saturated heterocycles. The summed E-state index contributed by atoms with van der Waals surface area (Å²) >= 11 is 0. The normalized spacial score (nSPS) is 15.9. The number of amides is 1. The van der Waals surface area contributed by atoms with Crippen LogP contribution in [0.25, 0.3) is 0 Å². The zero-order valence-electron chi connectivity index (χ0n) is 15.8. The maximum atomic E-state index is 12.8. The van der Waals surface area contributed by atoms with Gasteiger partial charge in [-0.15, -0.1) is 0 Å². The van der Waals surface area contributed by atoms with E-state index in [1.165, 1.54) is 31.8 Å². The van der Waals surface area contributed by atoms with Crippen LogP contribution in [0.1, 0.15) is 28.8 Å². The fraction of sp³-hybridized carbons (Fsp3) is 0.381. The van der Waals surface area contributed by atoms with E-state index in [-0.39, 0.29) is 10.8 Å². The first-order valence-electron chi connectivity index (χ1n) is 9.23. The lowest BCUT2D eigenvalue weighted by atomic mass is 9.90. The van der Waals surface area contributed by atoms with Gasteiger partial charge in [-0.05, 0) is 48.9 Å². The van der Waals surface area contributed by atoms with Gasteiger partial charge in [0.2, 0.25) is 10.0 Å². The molecule has 1 fully saturated rings. The number of carbonyl (C=O) groups excluding carboxylic acids is 1. The Kier molecular flexibility index (Phi) is 5.97. The van der Waals surface area contributed by atoms with Crippen LogP contribution in [0, 0.1) is 5.92 Å². The summed E-state index contributed by atoms with van der Waals surface area (Å²) < 4.78 is 25.8. The Morgan fingerprint density at radius 3 is 2.33 bits per heavy atom. The summed E-state index contributed by atoms with van der Waals surface area (Å²) in [5.41, 5.74) is 1.77. The van der Waals surface area contributed by atoms with Crippen LogP contribution in [0.4, 0.5) is 0 Å². The van der Waals surface area contributed by atoms with Crippen molar-refractivity contribution in [2.75, 3.05) is 27.2 Å². The smallest absolute Gasteiger partial charge is 0.253 e. The zero-order valence-corrected chi connectivity index (χ0v) is 16.7. The Hall–Kier alpha value is -2.18. The third-order valence-electron chi connectivity index (χ3n) is 5.13. The highest BCUT2D eigenvalue weighted by Crippen LogP contribution is 2.23. The lowest BCUT2D eigenvalue weighted by Gasteiger charge is -2.32. The fourth-order valence-electron chi connectivity index (χ4n) is 3.47. The largest absolute Gasteiger partial charge is 0.339 e. The Balaban J connectivity index is 1.64. The quantitative estimate of drug-likeness (QED) is 0.794. The van der Waals surface area contributed by atoms with Crippen LogP contribution in [-0.2, 0) is 16.4 Å². The van der Waals surface area contributed by atoms with Crippen LogP contribution >= 0.6 is 0 Å². The van der Waals surface area contributed by atoms with Crippen molar-refractivity contribution in [3.05, 3.63) is 65.7 Å². The lowest BCUT2D eigenvalue weighted by Crippen LogP contribution is -2.39. The van der Waals surface area contributed by atoms with Crippen LogP contribution in [0.15, 0.2) is 59.5 Å². The van der Waals surface area contributed by atoms with Crippen molar-refractivity contribution in [3.63, 3.8) is 0 Å². The molecule has 1 amide bonds. The first-order chi connectivity index (χ1) is 12.9. The first kappa shape index (κ1) is 19.6. The highest BCUT2D eigenvalue weighted by Gasteiger charge is 2.25. The predicted molar refractivity (Wildman–Crippen MR) is 106 cm³/mol. The van der Waals surface area contributed by atoms with Crippen LogP contribution in [0.2, 0.25) is 0 Å². The molecule has 0 atom stereocenters. The SMILES string of the molecule is CN(C)S(=O)(=O)c1cccc(C(=O)N2CCC(Cc3ccccc3)CC2)c1. The number of hydrogen-bond donors (Lipinski definition) is 0. The summed E-state index contributed by atoms with van der Waals surface area (Å²) in [4.78, 5) is 14.8. The number of sulfonamides is 1. The molecule has 27 heavy (non-hydrogen) atoms. The van der Waals surface area contributed by atoms with E-state index >= 15 is 0 Å². The second-order valence-electron chi connectivity index (χ2n) is 7.24. The van der Waals surface area contributed by atoms with Gasteiger partial charge in [-0.25, -0.2) is 12.7 Å². The standard InChI is InChI=1S/C21H26N2O3S/c1-22(2)27(25,26)20-10-6-9-19(16-20)21(24)23-13-11-18(12-14-23)15-17-7-4-3-5-8-17/h3-10,16,18H,11-15H2,1-2H3. The molecule has 0 unspecified atom stereocenters. The van der Waals surface area contributed by atoms with Gasteiger partial charge in [-0.1, -0.05) is 36.4 Å². The monoisotopic (exact) mass is 386 g/mol. The van der Waals surface area contributed by atoms with Gasteiger partial charge < -0.3 is 4.90 Å². The molecule has 0 bridgehead atoms. The van der Waals surface area contributed by atoms with Gasteiger partial charge in [0.1, 0.15) is 0 Å². The maximum Gasteiger partial charge on any atom is 0.253 e. The topological polar surface area (TPSA) is 57.7 Å². The maximum absolute atomic E-state index is 12.8. The molecule has 0 N–H and O–H groups in total. The van der Waals surface area contributed by atoms with Gasteiger partial charge in [0.05, 0.1) is 4.90 Å². The minimum Gasteiger partial charge on any atom is -0.339 e. The van der Waals surface area contributed by atoms with E-state index in [0.29, 0.717) is 24.6 Å². The Labute approximate surface area is 161 Å². The number of carbonyl (C=O) groups is 1. The highest BCUT2D eigenvalue weighted by molar-refractivity contribution is 7.89. The second kappa shape index (κ2) is 8.23. The van der Waals surface area contributed by atoms with Gasteiger partial charge in [-0.2, -0.15) is 0 Å². The van der Waals surface area contributed by atoms with Crippen molar-refractivity contribution in [1.29, 1.82) is 0 Å². The average Bonchev–Trinajstić information content (AvgIpc) is 2.69. The van der Waals surface area contributed by atoms with Crippen molar-refractivity contribution >= 4 is 15.9 Å². The number of nitrogens with zero attached hydrogens (tertiary/aromatic N) is 2. The number of rotatable bonds is 5. The molecule has 0 spiro atoms. The number of benzene rings is 2. The van der Waals surface area contributed by atoms with E-state index in [1.807, 2.05) is 11.0 Å². The van der Waals surface area contributed by atoms with E-state index in [9.17, 15) is 13.2 Å².